The van der Waals surface area contributed by atoms with E-state index >= 15 is 0 Å². The molecule has 7 nitrogen and oxygen atoms in total. The number of aromatic nitrogens is 4. The molecular formula is C20H28N6O. The van der Waals surface area contributed by atoms with Crippen LogP contribution in [0.1, 0.15) is 42.4 Å². The van der Waals surface area contributed by atoms with E-state index in [1.54, 1.807) is 10.7 Å². The molecule has 0 aromatic carbocycles. The standard InChI is InChI=1S/C20H28N6O/c27-20-14-16-2-1-3-18(16)22-26(20)13-12-23-8-10-24(11-9-23)15-19-21-6-7-25(19)17-4-5-17/h6-7,14,17H,1-5,8-13,15H2. The van der Waals surface area contributed by atoms with Crippen molar-refractivity contribution < 1.29 is 0 Å². The molecule has 0 atom stereocenters. The molecule has 27 heavy (non-hydrogen) atoms. The van der Waals surface area contributed by atoms with Crippen LogP contribution in [-0.4, -0.2) is 61.9 Å². The monoisotopic (exact) mass is 368 g/mol. The first-order valence-electron chi connectivity index (χ1n) is 10.3. The lowest BCUT2D eigenvalue weighted by atomic mass is 10.2. The van der Waals surface area contributed by atoms with Crippen molar-refractivity contribution in [2.75, 3.05) is 32.7 Å². The van der Waals surface area contributed by atoms with Crippen LogP contribution in [0.5, 0.6) is 0 Å². The van der Waals surface area contributed by atoms with Gasteiger partial charge in [0.1, 0.15) is 5.82 Å². The Hall–Kier alpha value is -1.99. The van der Waals surface area contributed by atoms with Gasteiger partial charge in [-0.3, -0.25) is 14.6 Å². The second kappa shape index (κ2) is 7.20. The molecule has 2 aromatic rings. The molecule has 2 aliphatic carbocycles. The van der Waals surface area contributed by atoms with E-state index in [9.17, 15) is 4.79 Å². The van der Waals surface area contributed by atoms with Crippen molar-refractivity contribution in [3.63, 3.8) is 0 Å². The second-order valence-corrected chi connectivity index (χ2v) is 8.13. The van der Waals surface area contributed by atoms with Gasteiger partial charge in [0.05, 0.1) is 18.8 Å². The molecule has 3 aliphatic rings. The molecule has 3 heterocycles. The van der Waals surface area contributed by atoms with Gasteiger partial charge in [0.2, 0.25) is 0 Å². The van der Waals surface area contributed by atoms with E-state index in [1.165, 1.54) is 18.7 Å². The summed E-state index contributed by atoms with van der Waals surface area (Å²) in [6, 6.07) is 2.50. The summed E-state index contributed by atoms with van der Waals surface area (Å²) in [6.45, 7) is 6.75. The Kier molecular flexibility index (Phi) is 4.57. The number of nitrogens with zero attached hydrogens (tertiary/aromatic N) is 6. The minimum Gasteiger partial charge on any atom is -0.331 e. The molecule has 1 aliphatic heterocycles. The topological polar surface area (TPSA) is 59.2 Å². The van der Waals surface area contributed by atoms with Gasteiger partial charge in [0, 0.05) is 57.2 Å². The number of hydrogen-bond acceptors (Lipinski definition) is 5. The largest absolute Gasteiger partial charge is 0.331 e. The van der Waals surface area contributed by atoms with Gasteiger partial charge < -0.3 is 4.57 Å². The smallest absolute Gasteiger partial charge is 0.267 e. The first kappa shape index (κ1) is 17.1. The summed E-state index contributed by atoms with van der Waals surface area (Å²) in [5.74, 6) is 1.21. The fourth-order valence-electron chi connectivity index (χ4n) is 4.36. The van der Waals surface area contributed by atoms with Crippen LogP contribution < -0.4 is 5.56 Å². The van der Waals surface area contributed by atoms with Crippen molar-refractivity contribution in [3.8, 4) is 0 Å². The normalized spacial score (nSPS) is 20.9. The molecule has 2 aromatic heterocycles. The Labute approximate surface area is 159 Å². The van der Waals surface area contributed by atoms with E-state index < -0.39 is 0 Å². The molecule has 0 radical (unpaired) electrons. The summed E-state index contributed by atoms with van der Waals surface area (Å²) < 4.78 is 4.03. The summed E-state index contributed by atoms with van der Waals surface area (Å²) in [5, 5.41) is 4.59. The number of hydrogen-bond donors (Lipinski definition) is 0. The fraction of sp³-hybridized carbons (Fsp3) is 0.650. The van der Waals surface area contributed by atoms with Gasteiger partial charge in [-0.1, -0.05) is 0 Å². The van der Waals surface area contributed by atoms with Gasteiger partial charge in [-0.15, -0.1) is 0 Å². The fourth-order valence-corrected chi connectivity index (χ4v) is 4.36. The molecule has 5 rings (SSSR count). The molecular weight excluding hydrogens is 340 g/mol. The van der Waals surface area contributed by atoms with E-state index in [4.69, 9.17) is 0 Å². The summed E-state index contributed by atoms with van der Waals surface area (Å²) in [7, 11) is 0. The van der Waals surface area contributed by atoms with Gasteiger partial charge in [-0.05, 0) is 37.7 Å². The zero-order valence-electron chi connectivity index (χ0n) is 15.9. The predicted molar refractivity (Wildman–Crippen MR) is 103 cm³/mol. The van der Waals surface area contributed by atoms with Crippen LogP contribution in [0.25, 0.3) is 0 Å². The van der Waals surface area contributed by atoms with Crippen LogP contribution in [0.4, 0.5) is 0 Å². The molecule has 144 valence electrons. The van der Waals surface area contributed by atoms with Crippen molar-refractivity contribution in [2.24, 2.45) is 0 Å². The third-order valence-corrected chi connectivity index (χ3v) is 6.17. The van der Waals surface area contributed by atoms with Gasteiger partial charge in [0.25, 0.3) is 5.56 Å². The Morgan fingerprint density at radius 1 is 1.04 bits per heavy atom. The first-order chi connectivity index (χ1) is 13.3. The third kappa shape index (κ3) is 3.71. The average molecular weight is 368 g/mol. The Balaban J connectivity index is 1.12. The molecule has 2 fully saturated rings. The van der Waals surface area contributed by atoms with Crippen molar-refractivity contribution in [2.45, 2.75) is 51.2 Å². The van der Waals surface area contributed by atoms with E-state index in [2.05, 4.69) is 30.6 Å². The molecule has 0 spiro atoms. The van der Waals surface area contributed by atoms with Crippen molar-refractivity contribution in [1.82, 2.24) is 29.1 Å². The highest BCUT2D eigenvalue weighted by Crippen LogP contribution is 2.35. The molecule has 7 heteroatoms. The SMILES string of the molecule is O=c1cc2c(nn1CCN1CCN(Cc3nccn3C3CC3)CC1)CCC2. The highest BCUT2D eigenvalue weighted by Gasteiger charge is 2.26. The van der Waals surface area contributed by atoms with E-state index in [1.807, 2.05) is 6.20 Å². The minimum absolute atomic E-state index is 0.0567. The van der Waals surface area contributed by atoms with Crippen molar-refractivity contribution in [1.29, 1.82) is 0 Å². The van der Waals surface area contributed by atoms with E-state index in [0.29, 0.717) is 12.6 Å². The molecule has 0 unspecified atom stereocenters. The summed E-state index contributed by atoms with van der Waals surface area (Å²) in [4.78, 5) is 21.8. The van der Waals surface area contributed by atoms with Crippen LogP contribution in [0.2, 0.25) is 0 Å². The molecule has 1 saturated heterocycles. The molecule has 1 saturated carbocycles. The van der Waals surface area contributed by atoms with Crippen LogP contribution >= 0.6 is 0 Å². The van der Waals surface area contributed by atoms with E-state index in [0.717, 1.165) is 69.8 Å². The molecule has 0 amide bonds. The molecule has 0 bridgehead atoms. The highest BCUT2D eigenvalue weighted by atomic mass is 16.1. The zero-order valence-corrected chi connectivity index (χ0v) is 15.9. The Bertz CT molecular complexity index is 860. The average Bonchev–Trinajstić information content (AvgIpc) is 3.25. The van der Waals surface area contributed by atoms with Crippen molar-refractivity contribution in [3.05, 3.63) is 45.9 Å². The minimum atomic E-state index is 0.0567. The maximum atomic E-state index is 12.2. The maximum absolute atomic E-state index is 12.2. The zero-order chi connectivity index (χ0) is 18.2. The van der Waals surface area contributed by atoms with Gasteiger partial charge in [0.15, 0.2) is 0 Å². The summed E-state index contributed by atoms with van der Waals surface area (Å²) in [6.07, 6.45) is 9.83. The van der Waals surface area contributed by atoms with Gasteiger partial charge in [-0.25, -0.2) is 9.67 Å². The Morgan fingerprint density at radius 2 is 1.85 bits per heavy atom. The Morgan fingerprint density at radius 3 is 2.67 bits per heavy atom. The van der Waals surface area contributed by atoms with Gasteiger partial charge >= 0.3 is 0 Å². The lowest BCUT2D eigenvalue weighted by Gasteiger charge is -2.34. The number of fused-ring (bicyclic) bond motifs is 1. The summed E-state index contributed by atoms with van der Waals surface area (Å²) >= 11 is 0. The van der Waals surface area contributed by atoms with Crippen LogP contribution in [0.15, 0.2) is 23.3 Å². The highest BCUT2D eigenvalue weighted by molar-refractivity contribution is 5.22. The van der Waals surface area contributed by atoms with E-state index in [-0.39, 0.29) is 5.56 Å². The lowest BCUT2D eigenvalue weighted by molar-refractivity contribution is 0.119. The first-order valence-corrected chi connectivity index (χ1v) is 10.3. The number of imidazole rings is 1. The van der Waals surface area contributed by atoms with Crippen LogP contribution in [0, 0.1) is 0 Å². The quantitative estimate of drug-likeness (QED) is 0.764. The molecule has 0 N–H and O–H groups in total. The number of aryl methyl sites for hydroxylation is 2. The van der Waals surface area contributed by atoms with Crippen LogP contribution in [-0.2, 0) is 25.9 Å². The lowest BCUT2D eigenvalue weighted by Crippen LogP contribution is -2.47. The maximum Gasteiger partial charge on any atom is 0.267 e. The predicted octanol–water partition coefficient (Wildman–Crippen LogP) is 1.08. The summed E-state index contributed by atoms with van der Waals surface area (Å²) in [5.41, 5.74) is 2.35. The number of piperazine rings is 1. The second-order valence-electron chi connectivity index (χ2n) is 8.13. The van der Waals surface area contributed by atoms with Crippen LogP contribution in [0.3, 0.4) is 0 Å². The third-order valence-electron chi connectivity index (χ3n) is 6.17. The van der Waals surface area contributed by atoms with Crippen molar-refractivity contribution >= 4 is 0 Å². The van der Waals surface area contributed by atoms with Gasteiger partial charge in [-0.2, -0.15) is 5.10 Å². The number of rotatable bonds is 6.